The van der Waals surface area contributed by atoms with E-state index in [4.69, 9.17) is 0 Å². The quantitative estimate of drug-likeness (QED) is 0.419. The smallest absolute Gasteiger partial charge is 0.142 e. The van der Waals surface area contributed by atoms with E-state index < -0.39 is 0 Å². The van der Waals surface area contributed by atoms with Crippen LogP contribution < -0.4 is 0 Å². The van der Waals surface area contributed by atoms with E-state index in [1.165, 1.54) is 37.5 Å². The van der Waals surface area contributed by atoms with E-state index in [0.29, 0.717) is 0 Å². The number of hydrogen-bond donors (Lipinski definition) is 0. The van der Waals surface area contributed by atoms with Gasteiger partial charge in [0.2, 0.25) is 0 Å². The maximum atomic E-state index is 2.75. The summed E-state index contributed by atoms with van der Waals surface area (Å²) in [7, 11) is 0.577. The van der Waals surface area contributed by atoms with Crippen LogP contribution in [0, 0.1) is 0 Å². The molecule has 0 spiro atoms. The molecule has 0 aromatic heterocycles. The SMILES string of the molecule is CCCP([B]P(CC)CCC)CC. The molecule has 0 saturated heterocycles. The molecule has 0 nitrogen and oxygen atoms in total. The molecule has 2 unspecified atom stereocenters. The van der Waals surface area contributed by atoms with Crippen LogP contribution in [0.2, 0.25) is 0 Å². The molecular weight excluding hydrogens is 193 g/mol. The first-order valence-electron chi connectivity index (χ1n) is 5.61. The maximum Gasteiger partial charge on any atom is 0.181 e. The second kappa shape index (κ2) is 9.48. The van der Waals surface area contributed by atoms with Gasteiger partial charge in [-0.1, -0.05) is 40.5 Å². The van der Waals surface area contributed by atoms with Gasteiger partial charge in [-0.05, 0) is 24.6 Å². The molecule has 0 rings (SSSR count). The van der Waals surface area contributed by atoms with Gasteiger partial charge in [-0.3, -0.25) is 0 Å². The first-order valence-corrected chi connectivity index (χ1v) is 9.17. The Bertz CT molecular complexity index is 97.1. The highest BCUT2D eigenvalue weighted by molar-refractivity contribution is 8.14. The Hall–Kier alpha value is 0.925. The van der Waals surface area contributed by atoms with E-state index in [1.54, 1.807) is 0 Å². The lowest BCUT2D eigenvalue weighted by atomic mass is 10.6. The van der Waals surface area contributed by atoms with Crippen LogP contribution in [0.4, 0.5) is 0 Å². The first-order chi connectivity index (χ1) is 6.28. The van der Waals surface area contributed by atoms with Crippen molar-refractivity contribution in [3.8, 4) is 0 Å². The van der Waals surface area contributed by atoms with Crippen molar-refractivity contribution in [2.45, 2.75) is 40.5 Å². The molecule has 0 aromatic carbocycles. The second-order valence-electron chi connectivity index (χ2n) is 3.37. The zero-order valence-electron chi connectivity index (χ0n) is 9.71. The van der Waals surface area contributed by atoms with Gasteiger partial charge in [-0.25, -0.2) is 0 Å². The van der Waals surface area contributed by atoms with Crippen molar-refractivity contribution in [1.29, 1.82) is 0 Å². The second-order valence-corrected chi connectivity index (χ2v) is 8.81. The molecule has 77 valence electrons. The van der Waals surface area contributed by atoms with Crippen LogP contribution in [0.1, 0.15) is 40.5 Å². The van der Waals surface area contributed by atoms with Crippen LogP contribution in [-0.4, -0.2) is 31.4 Å². The fourth-order valence-electron chi connectivity index (χ4n) is 1.40. The fraction of sp³-hybridized carbons (Fsp3) is 1.00. The van der Waals surface area contributed by atoms with Gasteiger partial charge < -0.3 is 0 Å². The molecule has 0 amide bonds. The Morgan fingerprint density at radius 1 is 0.769 bits per heavy atom. The lowest BCUT2D eigenvalue weighted by Gasteiger charge is -2.20. The molecule has 0 heterocycles. The van der Waals surface area contributed by atoms with E-state index in [1.807, 2.05) is 0 Å². The molecule has 0 aromatic rings. The summed E-state index contributed by atoms with van der Waals surface area (Å²) in [6, 6.07) is 0. The lowest BCUT2D eigenvalue weighted by molar-refractivity contribution is 1.09. The van der Waals surface area contributed by atoms with Crippen molar-refractivity contribution in [2.75, 3.05) is 24.6 Å². The molecule has 0 aliphatic heterocycles. The average molecular weight is 217 g/mol. The third kappa shape index (κ3) is 6.93. The van der Waals surface area contributed by atoms with Crippen LogP contribution in [0.15, 0.2) is 0 Å². The average Bonchev–Trinajstić information content (AvgIpc) is 2.16. The summed E-state index contributed by atoms with van der Waals surface area (Å²) < 4.78 is 0. The third-order valence-electron chi connectivity index (χ3n) is 2.16. The van der Waals surface area contributed by atoms with Crippen molar-refractivity contribution < 1.29 is 0 Å². The van der Waals surface area contributed by atoms with Gasteiger partial charge in [0.05, 0.1) is 0 Å². The summed E-state index contributed by atoms with van der Waals surface area (Å²) >= 11 is 0. The van der Waals surface area contributed by atoms with E-state index >= 15 is 0 Å². The standard InChI is InChI=1S/C10H24BP2/c1-5-9-12(7-3)11-13(8-4)10-6-2/h5-10H2,1-4H3. The highest BCUT2D eigenvalue weighted by Gasteiger charge is 2.12. The largest absolute Gasteiger partial charge is 0.181 e. The maximum absolute atomic E-state index is 2.75. The molecule has 2 atom stereocenters. The van der Waals surface area contributed by atoms with Gasteiger partial charge in [0.15, 0.2) is 6.72 Å². The van der Waals surface area contributed by atoms with Crippen LogP contribution >= 0.6 is 15.6 Å². The summed E-state index contributed by atoms with van der Waals surface area (Å²) in [5, 5.41) is 0. The Morgan fingerprint density at radius 2 is 1.15 bits per heavy atom. The van der Waals surface area contributed by atoms with E-state index in [0.717, 1.165) is 0 Å². The minimum Gasteiger partial charge on any atom is -0.142 e. The van der Waals surface area contributed by atoms with Crippen molar-refractivity contribution in [3.63, 3.8) is 0 Å². The summed E-state index contributed by atoms with van der Waals surface area (Å²) in [4.78, 5) is 0. The predicted octanol–water partition coefficient (Wildman–Crippen LogP) is 4.34. The normalized spacial score (nSPS) is 15.4. The monoisotopic (exact) mass is 217 g/mol. The molecule has 1 radical (unpaired) electrons. The minimum absolute atomic E-state index is 0.289. The zero-order valence-corrected chi connectivity index (χ0v) is 11.5. The Labute approximate surface area is 87.9 Å². The third-order valence-corrected chi connectivity index (χ3v) is 8.44. The van der Waals surface area contributed by atoms with Gasteiger partial charge in [-0.15, -0.1) is 15.6 Å². The van der Waals surface area contributed by atoms with Crippen molar-refractivity contribution in [1.82, 2.24) is 0 Å². The molecule has 13 heavy (non-hydrogen) atoms. The topological polar surface area (TPSA) is 0 Å². The van der Waals surface area contributed by atoms with Gasteiger partial charge in [0, 0.05) is 0 Å². The summed E-state index contributed by atoms with van der Waals surface area (Å²) in [5.41, 5.74) is 0. The highest BCUT2D eigenvalue weighted by atomic mass is 31.2. The molecular formula is C10H24BP2. The van der Waals surface area contributed by atoms with Crippen molar-refractivity contribution in [3.05, 3.63) is 0 Å². The van der Waals surface area contributed by atoms with Gasteiger partial charge in [-0.2, -0.15) is 0 Å². The van der Waals surface area contributed by atoms with Crippen molar-refractivity contribution in [2.24, 2.45) is 0 Å². The molecule has 3 heteroatoms. The van der Waals surface area contributed by atoms with E-state index in [-0.39, 0.29) is 15.6 Å². The van der Waals surface area contributed by atoms with Gasteiger partial charge in [0.1, 0.15) is 0 Å². The summed E-state index contributed by atoms with van der Waals surface area (Å²) in [6.45, 7) is 12.1. The fourth-order valence-corrected chi connectivity index (χ4v) is 7.26. The van der Waals surface area contributed by atoms with Gasteiger partial charge >= 0.3 is 0 Å². The Balaban J connectivity index is 3.73. The van der Waals surface area contributed by atoms with Crippen molar-refractivity contribution >= 4 is 22.3 Å². The number of hydrogen-bond acceptors (Lipinski definition) is 0. The molecule has 0 fully saturated rings. The lowest BCUT2D eigenvalue weighted by Crippen LogP contribution is -1.99. The van der Waals surface area contributed by atoms with Crippen LogP contribution in [0.25, 0.3) is 0 Å². The Morgan fingerprint density at radius 3 is 1.38 bits per heavy atom. The predicted molar refractivity (Wildman–Crippen MR) is 71.0 cm³/mol. The molecule has 0 aliphatic rings. The van der Waals surface area contributed by atoms with Gasteiger partial charge in [0.25, 0.3) is 0 Å². The summed E-state index contributed by atoms with van der Waals surface area (Å²) in [6.07, 6.45) is 8.49. The molecule has 0 bridgehead atoms. The molecule has 0 N–H and O–H groups in total. The first kappa shape index (κ1) is 13.9. The summed E-state index contributed by atoms with van der Waals surface area (Å²) in [5.74, 6) is 0. The number of rotatable bonds is 8. The van der Waals surface area contributed by atoms with Crippen LogP contribution in [0.5, 0.6) is 0 Å². The molecule has 0 saturated carbocycles. The molecule has 0 aliphatic carbocycles. The highest BCUT2D eigenvalue weighted by Crippen LogP contribution is 2.48. The van der Waals surface area contributed by atoms with E-state index in [2.05, 4.69) is 34.4 Å². The van der Waals surface area contributed by atoms with Crippen LogP contribution in [0.3, 0.4) is 0 Å². The van der Waals surface area contributed by atoms with E-state index in [9.17, 15) is 0 Å². The Kier molecular flexibility index (Phi) is 10.2. The van der Waals surface area contributed by atoms with Crippen LogP contribution in [-0.2, 0) is 0 Å². The zero-order chi connectivity index (χ0) is 10.1. The minimum atomic E-state index is 0.289.